The van der Waals surface area contributed by atoms with Crippen molar-refractivity contribution in [2.45, 2.75) is 19.6 Å². The van der Waals surface area contributed by atoms with E-state index in [9.17, 15) is 4.57 Å². The maximum Gasteiger partial charge on any atom is 0.258 e. The molecule has 182 valence electrons. The van der Waals surface area contributed by atoms with Gasteiger partial charge in [-0.2, -0.15) is 0 Å². The molecule has 3 rings (SSSR count). The summed E-state index contributed by atoms with van der Waals surface area (Å²) in [6.07, 6.45) is 0. The maximum atomic E-state index is 15.0. The third-order valence-electron chi connectivity index (χ3n) is 5.47. The van der Waals surface area contributed by atoms with Crippen LogP contribution in [-0.4, -0.2) is 34.9 Å². The normalized spacial score (nSPS) is 13.7. The van der Waals surface area contributed by atoms with Gasteiger partial charge in [0.1, 0.15) is 17.3 Å². The van der Waals surface area contributed by atoms with Gasteiger partial charge in [-0.3, -0.25) is 4.57 Å². The Balaban J connectivity index is 2.22. The van der Waals surface area contributed by atoms with E-state index in [1.165, 1.54) is 0 Å². The quantitative estimate of drug-likeness (QED) is 0.331. The minimum Gasteiger partial charge on any atom is -0.497 e. The molecule has 0 fully saturated rings. The van der Waals surface area contributed by atoms with Crippen LogP contribution in [0.5, 0.6) is 11.5 Å². The van der Waals surface area contributed by atoms with Crippen molar-refractivity contribution in [3.05, 3.63) is 78.4 Å². The van der Waals surface area contributed by atoms with Gasteiger partial charge in [-0.25, -0.2) is 0 Å². The summed E-state index contributed by atoms with van der Waals surface area (Å²) in [5.41, 5.74) is 2.55. The van der Waals surface area contributed by atoms with Gasteiger partial charge in [0.15, 0.2) is 0 Å². The summed E-state index contributed by atoms with van der Waals surface area (Å²) in [6, 6.07) is 22.9. The van der Waals surface area contributed by atoms with Gasteiger partial charge < -0.3 is 24.2 Å². The molecule has 2 atom stereocenters. The van der Waals surface area contributed by atoms with E-state index < -0.39 is 13.2 Å². The lowest BCUT2D eigenvalue weighted by Gasteiger charge is -2.31. The van der Waals surface area contributed by atoms with Crippen molar-refractivity contribution in [1.29, 1.82) is 0 Å². The Bertz CT molecular complexity index is 1100. The van der Waals surface area contributed by atoms with Crippen molar-refractivity contribution in [3.63, 3.8) is 0 Å². The fourth-order valence-electron chi connectivity index (χ4n) is 3.61. The van der Waals surface area contributed by atoms with Gasteiger partial charge in [0.2, 0.25) is 0 Å². The first kappa shape index (κ1) is 25.7. The molecule has 34 heavy (non-hydrogen) atoms. The number of hydrogen-bond donors (Lipinski definition) is 1. The van der Waals surface area contributed by atoms with E-state index in [1.54, 1.807) is 14.2 Å². The lowest BCUT2D eigenvalue weighted by molar-refractivity contribution is 0.272. The molecule has 3 aromatic carbocycles. The molecule has 6 nitrogen and oxygen atoms in total. The molecule has 0 aliphatic carbocycles. The molecule has 0 unspecified atom stereocenters. The summed E-state index contributed by atoms with van der Waals surface area (Å²) in [5, 5.41) is 4.12. The summed E-state index contributed by atoms with van der Waals surface area (Å²) >= 11 is 0. The average molecular weight is 483 g/mol. The second-order valence-electron chi connectivity index (χ2n) is 8.72. The van der Waals surface area contributed by atoms with E-state index in [4.69, 9.17) is 14.0 Å². The second-order valence-corrected chi connectivity index (χ2v) is 11.2. The second kappa shape index (κ2) is 11.5. The first-order valence-corrected chi connectivity index (χ1v) is 13.0. The number of methoxy groups -OCH3 is 2. The highest BCUT2D eigenvalue weighted by Gasteiger charge is 2.40. The highest BCUT2D eigenvalue weighted by atomic mass is 31.2. The first-order valence-electron chi connectivity index (χ1n) is 11.3. The number of anilines is 2. The van der Waals surface area contributed by atoms with Gasteiger partial charge in [0.05, 0.1) is 20.8 Å². The van der Waals surface area contributed by atoms with Crippen LogP contribution >= 0.6 is 7.37 Å². The predicted molar refractivity (Wildman–Crippen MR) is 141 cm³/mol. The van der Waals surface area contributed by atoms with Crippen LogP contribution in [0.4, 0.5) is 11.4 Å². The smallest absolute Gasteiger partial charge is 0.258 e. The Morgan fingerprint density at radius 1 is 0.912 bits per heavy atom. The fraction of sp³-hybridized carbons (Fsp3) is 0.333. The topological polar surface area (TPSA) is 60.0 Å². The monoisotopic (exact) mass is 482 g/mol. The van der Waals surface area contributed by atoms with Crippen LogP contribution in [0.15, 0.2) is 72.8 Å². The van der Waals surface area contributed by atoms with Crippen LogP contribution in [0.2, 0.25) is 0 Å². The molecule has 7 heteroatoms. The largest absolute Gasteiger partial charge is 0.497 e. The van der Waals surface area contributed by atoms with Gasteiger partial charge in [0, 0.05) is 36.3 Å². The van der Waals surface area contributed by atoms with Crippen molar-refractivity contribution in [2.24, 2.45) is 5.92 Å². The summed E-state index contributed by atoms with van der Waals surface area (Å²) in [4.78, 5) is 2.01. The predicted octanol–water partition coefficient (Wildman–Crippen LogP) is 6.16. The Labute approximate surface area is 203 Å². The molecule has 0 aliphatic rings. The average Bonchev–Trinajstić information content (AvgIpc) is 2.86. The number of nitrogens with one attached hydrogen (secondary N) is 1. The number of para-hydroxylation sites is 1. The molecular weight excluding hydrogens is 447 g/mol. The van der Waals surface area contributed by atoms with E-state index in [1.807, 2.05) is 106 Å². The van der Waals surface area contributed by atoms with Crippen molar-refractivity contribution in [1.82, 2.24) is 0 Å². The first-order chi connectivity index (χ1) is 16.3. The van der Waals surface area contributed by atoms with E-state index in [-0.39, 0.29) is 5.92 Å². The van der Waals surface area contributed by atoms with Crippen LogP contribution in [0.25, 0.3) is 0 Å². The van der Waals surface area contributed by atoms with Gasteiger partial charge in [-0.15, -0.1) is 0 Å². The SMILES string of the molecule is COc1ccc(OC)c([C@@H](Nc2ccccc2)[P@](=O)(OCC(C)C)c2ccc(N(C)C)cc2)c1. The molecule has 0 amide bonds. The van der Waals surface area contributed by atoms with Crippen molar-refractivity contribution in [3.8, 4) is 11.5 Å². The van der Waals surface area contributed by atoms with Crippen LogP contribution in [-0.2, 0) is 9.09 Å². The van der Waals surface area contributed by atoms with E-state index >= 15 is 0 Å². The number of ether oxygens (including phenoxy) is 2. The Hall–Kier alpha value is -2.95. The molecule has 0 radical (unpaired) electrons. The maximum absolute atomic E-state index is 15.0. The Morgan fingerprint density at radius 3 is 2.15 bits per heavy atom. The number of benzene rings is 3. The van der Waals surface area contributed by atoms with Gasteiger partial charge in [0.25, 0.3) is 7.37 Å². The van der Waals surface area contributed by atoms with E-state index in [2.05, 4.69) is 5.32 Å². The molecule has 0 aliphatic heterocycles. The molecule has 0 heterocycles. The third-order valence-corrected chi connectivity index (χ3v) is 8.11. The summed E-state index contributed by atoms with van der Waals surface area (Å²) in [7, 11) is 3.66. The summed E-state index contributed by atoms with van der Waals surface area (Å²) in [6.45, 7) is 4.45. The number of rotatable bonds is 11. The van der Waals surface area contributed by atoms with Crippen LogP contribution in [0, 0.1) is 5.92 Å². The molecule has 0 spiro atoms. The van der Waals surface area contributed by atoms with E-state index in [0.717, 1.165) is 11.4 Å². The van der Waals surface area contributed by atoms with Crippen molar-refractivity contribution >= 4 is 24.0 Å². The molecule has 1 N–H and O–H groups in total. The molecule has 0 aromatic heterocycles. The standard InChI is InChI=1S/C27H35N2O4P/c1-20(2)19-33-34(30,24-15-12-22(13-16-24)29(3)4)27(28-21-10-8-7-9-11-21)25-18-23(31-5)14-17-26(25)32-6/h7-18,20,27-28H,19H2,1-6H3/t27-,34+/m0/s1. The van der Waals surface area contributed by atoms with Gasteiger partial charge >= 0.3 is 0 Å². The van der Waals surface area contributed by atoms with Crippen LogP contribution in [0.3, 0.4) is 0 Å². The zero-order valence-electron chi connectivity index (χ0n) is 20.8. The highest BCUT2D eigenvalue weighted by molar-refractivity contribution is 7.67. The minimum absolute atomic E-state index is 0.207. The zero-order valence-corrected chi connectivity index (χ0v) is 21.7. The minimum atomic E-state index is -3.51. The molecule has 0 saturated carbocycles. The van der Waals surface area contributed by atoms with Crippen LogP contribution < -0.4 is 25.0 Å². The molecule has 0 saturated heterocycles. The van der Waals surface area contributed by atoms with Gasteiger partial charge in [-0.05, 0) is 60.5 Å². The van der Waals surface area contributed by atoms with E-state index in [0.29, 0.717) is 29.0 Å². The van der Waals surface area contributed by atoms with Crippen LogP contribution in [0.1, 0.15) is 25.2 Å². The zero-order chi connectivity index (χ0) is 24.7. The molecular formula is C27H35N2O4P. The lowest BCUT2D eigenvalue weighted by Crippen LogP contribution is -2.22. The lowest BCUT2D eigenvalue weighted by atomic mass is 10.1. The summed E-state index contributed by atoms with van der Waals surface area (Å²) < 4.78 is 32.5. The third kappa shape index (κ3) is 5.94. The van der Waals surface area contributed by atoms with Crippen molar-refractivity contribution < 1.29 is 18.6 Å². The molecule has 0 bridgehead atoms. The van der Waals surface area contributed by atoms with Crippen molar-refractivity contribution in [2.75, 3.05) is 45.1 Å². The highest BCUT2D eigenvalue weighted by Crippen LogP contribution is 2.61. The Kier molecular flexibility index (Phi) is 8.65. The van der Waals surface area contributed by atoms with Gasteiger partial charge in [-0.1, -0.05) is 32.0 Å². The number of hydrogen-bond acceptors (Lipinski definition) is 6. The Morgan fingerprint density at radius 2 is 1.59 bits per heavy atom. The fourth-order valence-corrected chi connectivity index (χ4v) is 6.18. The number of nitrogens with zero attached hydrogens (tertiary/aromatic N) is 1. The molecule has 3 aromatic rings. The summed E-state index contributed by atoms with van der Waals surface area (Å²) in [5.74, 6) is 0.754.